The van der Waals surface area contributed by atoms with Gasteiger partial charge in [-0.3, -0.25) is 10.2 Å². The monoisotopic (exact) mass is 693 g/mol. The molecule has 3 N–H and O–H groups in total. The Morgan fingerprint density at radius 2 is 1.66 bits per heavy atom. The van der Waals surface area contributed by atoms with Crippen LogP contribution in [0.2, 0.25) is 0 Å². The fourth-order valence-electron chi connectivity index (χ4n) is 5.79. The number of aliphatic hydroxyl groups is 1. The van der Waals surface area contributed by atoms with E-state index in [1.807, 2.05) is 97.1 Å². The van der Waals surface area contributed by atoms with E-state index in [2.05, 4.69) is 45.0 Å². The number of aliphatic hydroxyl groups excluding tert-OH is 1. The summed E-state index contributed by atoms with van der Waals surface area (Å²) in [7, 11) is 1.61. The third kappa shape index (κ3) is 7.17. The standard InChI is InChI=1S/C38H36BrN3O5/c1-45-32-14-7-12-28(23-32)35-38(24-29-10-3-5-16-34(29)39,41-36(47-35)27-17-19-31(20-18-27)46-22-8-21-43)37(44)42-40-25-30-13-6-11-26-9-2-4-15-33(26)30/h2-7,9-20,23,35,40,43H,8,21-22,24-25H2,1H3,(H,42,44)/t35-,38-/m0/s1. The zero-order chi connectivity index (χ0) is 32.6. The van der Waals surface area contributed by atoms with E-state index in [1.54, 1.807) is 7.11 Å². The summed E-state index contributed by atoms with van der Waals surface area (Å²) in [5.41, 5.74) is 8.20. The van der Waals surface area contributed by atoms with Gasteiger partial charge in [-0.05, 0) is 69.9 Å². The number of carbonyl (C=O) groups is 1. The van der Waals surface area contributed by atoms with Crippen LogP contribution in [0.25, 0.3) is 10.8 Å². The largest absolute Gasteiger partial charge is 0.497 e. The van der Waals surface area contributed by atoms with Crippen LogP contribution < -0.4 is 20.3 Å². The van der Waals surface area contributed by atoms with Crippen molar-refractivity contribution in [2.45, 2.75) is 31.0 Å². The van der Waals surface area contributed by atoms with Gasteiger partial charge in [0, 0.05) is 36.0 Å². The summed E-state index contributed by atoms with van der Waals surface area (Å²) in [5, 5.41) is 11.3. The van der Waals surface area contributed by atoms with Crippen molar-refractivity contribution in [1.82, 2.24) is 10.9 Å². The minimum atomic E-state index is -1.40. The molecule has 0 radical (unpaired) electrons. The van der Waals surface area contributed by atoms with E-state index < -0.39 is 11.6 Å². The van der Waals surface area contributed by atoms with Gasteiger partial charge in [-0.1, -0.05) is 88.7 Å². The van der Waals surface area contributed by atoms with E-state index >= 15 is 0 Å². The van der Waals surface area contributed by atoms with E-state index in [-0.39, 0.29) is 18.9 Å². The van der Waals surface area contributed by atoms with Crippen molar-refractivity contribution in [1.29, 1.82) is 0 Å². The number of carbonyl (C=O) groups excluding carboxylic acids is 1. The van der Waals surface area contributed by atoms with Crippen LogP contribution in [0.4, 0.5) is 0 Å². The van der Waals surface area contributed by atoms with E-state index in [1.165, 1.54) is 0 Å². The summed E-state index contributed by atoms with van der Waals surface area (Å²) in [6.07, 6.45) is 0.0184. The maximum absolute atomic E-state index is 14.6. The van der Waals surface area contributed by atoms with Gasteiger partial charge in [0.2, 0.25) is 5.90 Å². The molecule has 0 spiro atoms. The van der Waals surface area contributed by atoms with Crippen molar-refractivity contribution < 1.29 is 24.1 Å². The molecule has 1 heterocycles. The van der Waals surface area contributed by atoms with Gasteiger partial charge in [0.05, 0.1) is 13.7 Å². The van der Waals surface area contributed by atoms with Crippen molar-refractivity contribution in [2.75, 3.05) is 20.3 Å². The maximum atomic E-state index is 14.6. The summed E-state index contributed by atoms with van der Waals surface area (Å²) < 4.78 is 18.8. The fourth-order valence-corrected chi connectivity index (χ4v) is 6.22. The van der Waals surface area contributed by atoms with Gasteiger partial charge in [0.1, 0.15) is 11.5 Å². The van der Waals surface area contributed by atoms with Gasteiger partial charge in [-0.25, -0.2) is 10.4 Å². The average Bonchev–Trinajstić information content (AvgIpc) is 3.50. The average molecular weight is 695 g/mol. The van der Waals surface area contributed by atoms with Crippen molar-refractivity contribution in [2.24, 2.45) is 4.99 Å². The van der Waals surface area contributed by atoms with Crippen LogP contribution in [0.15, 0.2) is 125 Å². The highest BCUT2D eigenvalue weighted by molar-refractivity contribution is 9.10. The van der Waals surface area contributed by atoms with Crippen LogP contribution in [0.3, 0.4) is 0 Å². The predicted octanol–water partition coefficient (Wildman–Crippen LogP) is 6.69. The van der Waals surface area contributed by atoms with Crippen LogP contribution in [-0.2, 0) is 22.5 Å². The minimum absolute atomic E-state index is 0.0624. The van der Waals surface area contributed by atoms with Crippen LogP contribution >= 0.6 is 15.9 Å². The van der Waals surface area contributed by atoms with Crippen LogP contribution in [-0.4, -0.2) is 42.8 Å². The summed E-state index contributed by atoms with van der Waals surface area (Å²) in [6.45, 7) is 0.885. The third-order valence-electron chi connectivity index (χ3n) is 8.20. The third-order valence-corrected chi connectivity index (χ3v) is 8.98. The molecule has 0 bridgehead atoms. The number of nitrogens with zero attached hydrogens (tertiary/aromatic N) is 1. The predicted molar refractivity (Wildman–Crippen MR) is 187 cm³/mol. The van der Waals surface area contributed by atoms with Crippen molar-refractivity contribution >= 4 is 38.5 Å². The molecule has 0 fully saturated rings. The molecule has 1 amide bonds. The second kappa shape index (κ2) is 14.8. The van der Waals surface area contributed by atoms with Gasteiger partial charge in [-0.2, -0.15) is 0 Å². The number of methoxy groups -OCH3 is 1. The number of amides is 1. The van der Waals surface area contributed by atoms with E-state index in [9.17, 15) is 4.79 Å². The molecular weight excluding hydrogens is 658 g/mol. The Kier molecular flexibility index (Phi) is 10.2. The Hall–Kier alpha value is -4.70. The number of nitrogens with one attached hydrogen (secondary N) is 2. The molecule has 2 atom stereocenters. The highest BCUT2D eigenvalue weighted by Crippen LogP contribution is 2.44. The molecule has 47 heavy (non-hydrogen) atoms. The molecule has 8 nitrogen and oxygen atoms in total. The Morgan fingerprint density at radius 3 is 2.47 bits per heavy atom. The molecule has 240 valence electrons. The Bertz CT molecular complexity index is 1870. The van der Waals surface area contributed by atoms with Crippen LogP contribution in [0.5, 0.6) is 11.5 Å². The lowest BCUT2D eigenvalue weighted by atomic mass is 9.82. The Labute approximate surface area is 282 Å². The SMILES string of the molecule is COc1cccc([C@@H]2OC(c3ccc(OCCCO)cc3)=N[C@]2(Cc2ccccc2Br)C(=O)NNCc2cccc3ccccc23)c1. The first-order chi connectivity index (χ1) is 23.0. The summed E-state index contributed by atoms with van der Waals surface area (Å²) in [6, 6.07) is 37.1. The van der Waals surface area contributed by atoms with Gasteiger partial charge in [0.15, 0.2) is 11.6 Å². The number of fused-ring (bicyclic) bond motifs is 1. The molecule has 1 aliphatic heterocycles. The minimum Gasteiger partial charge on any atom is -0.497 e. The first kappa shape index (κ1) is 32.2. The Morgan fingerprint density at radius 1 is 0.915 bits per heavy atom. The molecular formula is C38H36BrN3O5. The highest BCUT2D eigenvalue weighted by Gasteiger charge is 2.53. The molecule has 5 aromatic carbocycles. The summed E-state index contributed by atoms with van der Waals surface area (Å²) >= 11 is 3.69. The van der Waals surface area contributed by atoms with Gasteiger partial charge in [0.25, 0.3) is 5.91 Å². The quantitative estimate of drug-likeness (QED) is 0.0938. The lowest BCUT2D eigenvalue weighted by molar-refractivity contribution is -0.130. The van der Waals surface area contributed by atoms with E-state index in [4.69, 9.17) is 24.3 Å². The molecule has 1 aliphatic rings. The normalized spacial score (nSPS) is 17.2. The molecule has 9 heteroatoms. The molecule has 0 unspecified atom stereocenters. The molecule has 0 aromatic heterocycles. The topological polar surface area (TPSA) is 101 Å². The fraction of sp³-hybridized carbons (Fsp3) is 0.211. The second-order valence-corrected chi connectivity index (χ2v) is 12.1. The summed E-state index contributed by atoms with van der Waals surface area (Å²) in [5.74, 6) is 1.32. The van der Waals surface area contributed by atoms with E-state index in [0.717, 1.165) is 31.9 Å². The number of hydrogen-bond donors (Lipinski definition) is 3. The Balaban J connectivity index is 1.37. The van der Waals surface area contributed by atoms with Crippen molar-refractivity contribution in [3.63, 3.8) is 0 Å². The van der Waals surface area contributed by atoms with E-state index in [0.29, 0.717) is 42.5 Å². The number of ether oxygens (including phenoxy) is 3. The van der Waals surface area contributed by atoms with Crippen molar-refractivity contribution in [3.05, 3.63) is 142 Å². The highest BCUT2D eigenvalue weighted by atomic mass is 79.9. The number of hydrogen-bond acceptors (Lipinski definition) is 7. The first-order valence-electron chi connectivity index (χ1n) is 15.5. The molecule has 5 aromatic rings. The lowest BCUT2D eigenvalue weighted by Crippen LogP contribution is -2.53. The number of aliphatic imine (C=N–C) groups is 1. The molecule has 0 aliphatic carbocycles. The number of benzene rings is 5. The number of halogens is 1. The lowest BCUT2D eigenvalue weighted by Gasteiger charge is -2.31. The van der Waals surface area contributed by atoms with Gasteiger partial charge >= 0.3 is 0 Å². The van der Waals surface area contributed by atoms with Crippen LogP contribution in [0.1, 0.15) is 34.8 Å². The van der Waals surface area contributed by atoms with Crippen LogP contribution in [0, 0.1) is 0 Å². The zero-order valence-electron chi connectivity index (χ0n) is 26.0. The first-order valence-corrected chi connectivity index (χ1v) is 16.3. The van der Waals surface area contributed by atoms with Gasteiger partial charge in [-0.15, -0.1) is 0 Å². The zero-order valence-corrected chi connectivity index (χ0v) is 27.6. The smallest absolute Gasteiger partial charge is 0.266 e. The van der Waals surface area contributed by atoms with Gasteiger partial charge < -0.3 is 19.3 Å². The second-order valence-electron chi connectivity index (χ2n) is 11.3. The van der Waals surface area contributed by atoms with Crippen molar-refractivity contribution in [3.8, 4) is 11.5 Å². The molecule has 0 saturated carbocycles. The summed E-state index contributed by atoms with van der Waals surface area (Å²) in [4.78, 5) is 19.7. The molecule has 0 saturated heterocycles. The number of rotatable bonds is 13. The number of hydrazine groups is 1. The maximum Gasteiger partial charge on any atom is 0.266 e. The molecule has 6 rings (SSSR count).